The summed E-state index contributed by atoms with van der Waals surface area (Å²) in [6, 6.07) is 2.80. The second-order valence-electron chi connectivity index (χ2n) is 6.93. The fourth-order valence-electron chi connectivity index (χ4n) is 2.98. The van der Waals surface area contributed by atoms with Crippen molar-refractivity contribution in [3.8, 4) is 17.5 Å². The lowest BCUT2D eigenvalue weighted by Gasteiger charge is -2.11. The van der Waals surface area contributed by atoms with Gasteiger partial charge in [-0.15, -0.1) is 5.10 Å². The van der Waals surface area contributed by atoms with Gasteiger partial charge in [0.1, 0.15) is 11.5 Å². The summed E-state index contributed by atoms with van der Waals surface area (Å²) >= 11 is 12.5. The van der Waals surface area contributed by atoms with Crippen molar-refractivity contribution in [1.29, 1.82) is 0 Å². The van der Waals surface area contributed by atoms with Crippen molar-refractivity contribution < 1.29 is 26.3 Å². The molecule has 2 heterocycles. The van der Waals surface area contributed by atoms with Crippen LogP contribution in [0.5, 0.6) is 0 Å². The predicted molar refractivity (Wildman–Crippen MR) is 112 cm³/mol. The summed E-state index contributed by atoms with van der Waals surface area (Å²) in [4.78, 5) is 5.76. The SMILES string of the molecule is CCCCCC#Cc1cc(Cl)c(-n2nc3nc(C(F)(F)F)nc(C(F)(F)F)c3c2N)c(Cl)c1. The Kier molecular flexibility index (Phi) is 7.00. The minimum atomic E-state index is -5.26. The fraction of sp³-hybridized carbons (Fsp3) is 0.350. The number of fused-ring (bicyclic) bond motifs is 1. The van der Waals surface area contributed by atoms with Gasteiger partial charge in [-0.3, -0.25) is 0 Å². The molecule has 0 unspecified atom stereocenters. The summed E-state index contributed by atoms with van der Waals surface area (Å²) in [6.45, 7) is 2.06. The third-order valence-electron chi connectivity index (χ3n) is 4.46. The van der Waals surface area contributed by atoms with Crippen LogP contribution in [0, 0.1) is 11.8 Å². The van der Waals surface area contributed by atoms with Crippen molar-refractivity contribution in [2.24, 2.45) is 0 Å². The van der Waals surface area contributed by atoms with Crippen LogP contribution in [-0.4, -0.2) is 19.7 Å². The number of nitrogens with zero attached hydrogens (tertiary/aromatic N) is 4. The van der Waals surface area contributed by atoms with E-state index in [1.165, 1.54) is 12.1 Å². The van der Waals surface area contributed by atoms with Crippen molar-refractivity contribution >= 4 is 40.1 Å². The highest BCUT2D eigenvalue weighted by Gasteiger charge is 2.43. The zero-order chi connectivity index (χ0) is 24.6. The van der Waals surface area contributed by atoms with Gasteiger partial charge >= 0.3 is 12.4 Å². The Morgan fingerprint density at radius 3 is 2.18 bits per heavy atom. The summed E-state index contributed by atoms with van der Waals surface area (Å²) < 4.78 is 80.2. The normalized spacial score (nSPS) is 12.2. The summed E-state index contributed by atoms with van der Waals surface area (Å²) in [7, 11) is 0. The molecule has 0 saturated heterocycles. The molecule has 0 aliphatic rings. The standard InChI is InChI=1S/C20H15Cl2F6N5/c1-2-3-4-5-6-7-10-8-11(21)14(12(22)9-10)33-16(29)13-15(19(23,24)25)30-18(20(26,27)28)31-17(13)32-33/h8-9H,2-5,29H2,1H3. The van der Waals surface area contributed by atoms with Crippen LogP contribution in [0.4, 0.5) is 32.2 Å². The third kappa shape index (κ3) is 5.28. The average Bonchev–Trinajstić information content (AvgIpc) is 3.01. The number of hydrogen-bond donors (Lipinski definition) is 1. The second kappa shape index (κ2) is 9.27. The maximum absolute atomic E-state index is 13.5. The smallest absolute Gasteiger partial charge is 0.383 e. The minimum absolute atomic E-state index is 0.0718. The maximum Gasteiger partial charge on any atom is 0.451 e. The molecule has 2 N–H and O–H groups in total. The lowest BCUT2D eigenvalue weighted by molar-refractivity contribution is -0.151. The van der Waals surface area contributed by atoms with Gasteiger partial charge in [-0.25, -0.2) is 14.6 Å². The zero-order valence-corrected chi connectivity index (χ0v) is 18.4. The number of anilines is 1. The molecule has 0 aliphatic carbocycles. The van der Waals surface area contributed by atoms with Crippen molar-refractivity contribution in [3.63, 3.8) is 0 Å². The first kappa shape index (κ1) is 24.9. The molecule has 0 spiro atoms. The van der Waals surface area contributed by atoms with Gasteiger partial charge in [-0.2, -0.15) is 26.3 Å². The van der Waals surface area contributed by atoms with Crippen molar-refractivity contribution in [2.75, 3.05) is 5.73 Å². The Bertz CT molecular complexity index is 1230. The molecule has 1 aromatic carbocycles. The molecule has 3 aromatic rings. The average molecular weight is 510 g/mol. The third-order valence-corrected chi connectivity index (χ3v) is 5.03. The van der Waals surface area contributed by atoms with Crippen LogP contribution in [0.1, 0.15) is 49.7 Å². The van der Waals surface area contributed by atoms with Crippen LogP contribution in [0.15, 0.2) is 12.1 Å². The molecular formula is C20H15Cl2F6N5. The molecule has 2 aromatic heterocycles. The van der Waals surface area contributed by atoms with E-state index in [1.807, 2.05) is 0 Å². The molecule has 0 aliphatic heterocycles. The van der Waals surface area contributed by atoms with Crippen LogP contribution in [0.3, 0.4) is 0 Å². The molecule has 13 heteroatoms. The Morgan fingerprint density at radius 1 is 1.00 bits per heavy atom. The van der Waals surface area contributed by atoms with Crippen molar-refractivity contribution in [3.05, 3.63) is 39.3 Å². The van der Waals surface area contributed by atoms with E-state index in [2.05, 4.69) is 33.8 Å². The van der Waals surface area contributed by atoms with E-state index < -0.39 is 40.7 Å². The lowest BCUT2D eigenvalue weighted by atomic mass is 10.1. The van der Waals surface area contributed by atoms with Crippen molar-refractivity contribution in [1.82, 2.24) is 19.7 Å². The molecule has 33 heavy (non-hydrogen) atoms. The molecule has 3 rings (SSSR count). The molecule has 0 saturated carbocycles. The largest absolute Gasteiger partial charge is 0.451 e. The maximum atomic E-state index is 13.5. The van der Waals surface area contributed by atoms with E-state index >= 15 is 0 Å². The van der Waals surface area contributed by atoms with E-state index in [4.69, 9.17) is 28.9 Å². The summed E-state index contributed by atoms with van der Waals surface area (Å²) in [5, 5.41) is 2.67. The van der Waals surface area contributed by atoms with Crippen LogP contribution >= 0.6 is 23.2 Å². The van der Waals surface area contributed by atoms with Gasteiger partial charge in [0.05, 0.1) is 15.4 Å². The second-order valence-corrected chi connectivity index (χ2v) is 7.75. The Hall–Kier alpha value is -2.71. The first-order chi connectivity index (χ1) is 15.3. The molecule has 0 amide bonds. The number of benzene rings is 1. The summed E-state index contributed by atoms with van der Waals surface area (Å²) in [5.41, 5.74) is 3.35. The highest BCUT2D eigenvalue weighted by atomic mass is 35.5. The van der Waals surface area contributed by atoms with Crippen molar-refractivity contribution in [2.45, 2.75) is 45.0 Å². The van der Waals surface area contributed by atoms with E-state index in [0.29, 0.717) is 16.7 Å². The van der Waals surface area contributed by atoms with Gasteiger partial charge in [-0.05, 0) is 18.6 Å². The van der Waals surface area contributed by atoms with Gasteiger partial charge in [0.25, 0.3) is 0 Å². The van der Waals surface area contributed by atoms with E-state index in [-0.39, 0.29) is 15.7 Å². The van der Waals surface area contributed by atoms with Gasteiger partial charge in [0.15, 0.2) is 11.3 Å². The molecule has 0 fully saturated rings. The molecule has 0 radical (unpaired) electrons. The molecule has 0 bridgehead atoms. The molecule has 5 nitrogen and oxygen atoms in total. The van der Waals surface area contributed by atoms with Gasteiger partial charge in [0, 0.05) is 12.0 Å². The monoisotopic (exact) mass is 509 g/mol. The molecule has 176 valence electrons. The molecular weight excluding hydrogens is 495 g/mol. The number of nitrogen functional groups attached to an aromatic ring is 1. The topological polar surface area (TPSA) is 69.6 Å². The number of alkyl halides is 6. The van der Waals surface area contributed by atoms with Crippen LogP contribution in [0.2, 0.25) is 10.0 Å². The Balaban J connectivity index is 2.16. The van der Waals surface area contributed by atoms with E-state index in [9.17, 15) is 26.3 Å². The number of halogens is 8. The first-order valence-electron chi connectivity index (χ1n) is 9.53. The lowest BCUT2D eigenvalue weighted by Crippen LogP contribution is -2.17. The fourth-order valence-corrected chi connectivity index (χ4v) is 3.63. The number of aromatic nitrogens is 4. The minimum Gasteiger partial charge on any atom is -0.383 e. The Labute approximate surface area is 193 Å². The quantitative estimate of drug-likeness (QED) is 0.242. The number of rotatable bonds is 4. The number of hydrogen-bond acceptors (Lipinski definition) is 4. The highest BCUT2D eigenvalue weighted by Crippen LogP contribution is 2.40. The predicted octanol–water partition coefficient (Wildman–Crippen LogP) is 6.67. The highest BCUT2D eigenvalue weighted by molar-refractivity contribution is 6.38. The number of unbranched alkanes of at least 4 members (excludes halogenated alkanes) is 3. The summed E-state index contributed by atoms with van der Waals surface area (Å²) in [6.07, 6.45) is -6.85. The zero-order valence-electron chi connectivity index (χ0n) is 16.9. The molecule has 0 atom stereocenters. The van der Waals surface area contributed by atoms with Crippen LogP contribution in [-0.2, 0) is 12.4 Å². The van der Waals surface area contributed by atoms with Gasteiger partial charge in [-0.1, -0.05) is 54.8 Å². The van der Waals surface area contributed by atoms with Gasteiger partial charge < -0.3 is 5.73 Å². The van der Waals surface area contributed by atoms with Gasteiger partial charge in [0.2, 0.25) is 5.82 Å². The summed E-state index contributed by atoms with van der Waals surface area (Å²) in [5.74, 6) is 3.17. The number of nitrogens with two attached hydrogens (primary N) is 1. The Morgan fingerprint density at radius 2 is 1.64 bits per heavy atom. The van der Waals surface area contributed by atoms with Crippen LogP contribution < -0.4 is 5.73 Å². The van der Waals surface area contributed by atoms with E-state index in [0.717, 1.165) is 19.3 Å². The van der Waals surface area contributed by atoms with Crippen LogP contribution in [0.25, 0.3) is 16.7 Å². The first-order valence-corrected chi connectivity index (χ1v) is 10.3. The van der Waals surface area contributed by atoms with E-state index in [1.54, 1.807) is 0 Å².